The SMILES string of the molecule is CCN(CC(=O)Nc1cccc(OC)c1)CC(=O)NC1(C#N)CCCC1. The van der Waals surface area contributed by atoms with Crippen LogP contribution in [0.3, 0.4) is 0 Å². The molecule has 7 heteroatoms. The van der Waals surface area contributed by atoms with Gasteiger partial charge < -0.3 is 15.4 Å². The quantitative estimate of drug-likeness (QED) is 0.740. The Morgan fingerprint density at radius 3 is 2.58 bits per heavy atom. The smallest absolute Gasteiger partial charge is 0.238 e. The first-order chi connectivity index (χ1) is 12.5. The Hall–Kier alpha value is -2.59. The number of carbonyl (C=O) groups excluding carboxylic acids is 2. The molecule has 1 aliphatic rings. The second-order valence-electron chi connectivity index (χ2n) is 6.53. The van der Waals surface area contributed by atoms with Crippen molar-refractivity contribution < 1.29 is 14.3 Å². The second-order valence-corrected chi connectivity index (χ2v) is 6.53. The van der Waals surface area contributed by atoms with Gasteiger partial charge in [0.2, 0.25) is 11.8 Å². The highest BCUT2D eigenvalue weighted by Gasteiger charge is 2.35. The first-order valence-corrected chi connectivity index (χ1v) is 8.89. The molecule has 0 unspecified atom stereocenters. The molecule has 0 saturated heterocycles. The molecule has 140 valence electrons. The van der Waals surface area contributed by atoms with Gasteiger partial charge in [-0.15, -0.1) is 0 Å². The van der Waals surface area contributed by atoms with E-state index in [1.54, 1.807) is 36.3 Å². The zero-order chi connectivity index (χ0) is 19.0. The summed E-state index contributed by atoms with van der Waals surface area (Å²) < 4.78 is 5.13. The van der Waals surface area contributed by atoms with Gasteiger partial charge in [-0.25, -0.2) is 0 Å². The largest absolute Gasteiger partial charge is 0.497 e. The molecule has 26 heavy (non-hydrogen) atoms. The molecule has 0 aliphatic heterocycles. The molecular weight excluding hydrogens is 332 g/mol. The molecule has 1 aromatic rings. The van der Waals surface area contributed by atoms with Crippen LogP contribution in [0.5, 0.6) is 5.75 Å². The van der Waals surface area contributed by atoms with E-state index in [1.807, 2.05) is 6.92 Å². The van der Waals surface area contributed by atoms with E-state index in [4.69, 9.17) is 4.74 Å². The maximum absolute atomic E-state index is 12.3. The fourth-order valence-electron chi connectivity index (χ4n) is 3.14. The van der Waals surface area contributed by atoms with Crippen LogP contribution >= 0.6 is 0 Å². The minimum atomic E-state index is -0.737. The molecule has 1 aromatic carbocycles. The van der Waals surface area contributed by atoms with Crippen molar-refractivity contribution in [1.29, 1.82) is 5.26 Å². The van der Waals surface area contributed by atoms with Gasteiger partial charge in [0.1, 0.15) is 11.3 Å². The van der Waals surface area contributed by atoms with Crippen LogP contribution in [0.1, 0.15) is 32.6 Å². The van der Waals surface area contributed by atoms with E-state index in [1.165, 1.54) is 0 Å². The van der Waals surface area contributed by atoms with E-state index in [2.05, 4.69) is 16.7 Å². The van der Waals surface area contributed by atoms with E-state index < -0.39 is 5.54 Å². The Labute approximate surface area is 154 Å². The Kier molecular flexibility index (Phi) is 6.98. The molecule has 0 radical (unpaired) electrons. The summed E-state index contributed by atoms with van der Waals surface area (Å²) in [6, 6.07) is 9.35. The number of carbonyl (C=O) groups is 2. The van der Waals surface area contributed by atoms with Gasteiger partial charge in [-0.05, 0) is 44.4 Å². The summed E-state index contributed by atoms with van der Waals surface area (Å²) in [4.78, 5) is 26.3. The summed E-state index contributed by atoms with van der Waals surface area (Å²) in [5.41, 5.74) is -0.0939. The van der Waals surface area contributed by atoms with E-state index in [-0.39, 0.29) is 24.9 Å². The van der Waals surface area contributed by atoms with Crippen molar-refractivity contribution >= 4 is 17.5 Å². The molecule has 0 aromatic heterocycles. The highest BCUT2D eigenvalue weighted by Crippen LogP contribution is 2.28. The van der Waals surface area contributed by atoms with Gasteiger partial charge in [-0.3, -0.25) is 14.5 Å². The number of methoxy groups -OCH3 is 1. The van der Waals surface area contributed by atoms with E-state index >= 15 is 0 Å². The number of benzene rings is 1. The number of likely N-dealkylation sites (N-methyl/N-ethyl adjacent to an activating group) is 1. The first-order valence-electron chi connectivity index (χ1n) is 8.89. The van der Waals surface area contributed by atoms with Crippen LogP contribution in [0.4, 0.5) is 5.69 Å². The van der Waals surface area contributed by atoms with Crippen molar-refractivity contribution in [3.63, 3.8) is 0 Å². The number of nitrogens with zero attached hydrogens (tertiary/aromatic N) is 2. The third-order valence-electron chi connectivity index (χ3n) is 4.58. The lowest BCUT2D eigenvalue weighted by Gasteiger charge is -2.25. The Bertz CT molecular complexity index is 678. The predicted octanol–water partition coefficient (Wildman–Crippen LogP) is 1.91. The Balaban J connectivity index is 1.86. The van der Waals surface area contributed by atoms with Crippen molar-refractivity contribution in [2.75, 3.05) is 32.1 Å². The van der Waals surface area contributed by atoms with E-state index in [0.29, 0.717) is 30.8 Å². The average molecular weight is 358 g/mol. The van der Waals surface area contributed by atoms with Crippen molar-refractivity contribution in [3.8, 4) is 11.8 Å². The lowest BCUT2D eigenvalue weighted by molar-refractivity contribution is -0.124. The second kappa shape index (κ2) is 9.20. The van der Waals surface area contributed by atoms with E-state index in [9.17, 15) is 14.9 Å². The zero-order valence-electron chi connectivity index (χ0n) is 15.4. The van der Waals surface area contributed by atoms with Crippen LogP contribution < -0.4 is 15.4 Å². The third kappa shape index (κ3) is 5.46. The molecule has 1 saturated carbocycles. The van der Waals surface area contributed by atoms with E-state index in [0.717, 1.165) is 12.8 Å². The van der Waals surface area contributed by atoms with Gasteiger partial charge in [0.15, 0.2) is 0 Å². The van der Waals surface area contributed by atoms with Crippen LogP contribution in [0.25, 0.3) is 0 Å². The van der Waals surface area contributed by atoms with Crippen LogP contribution in [0.2, 0.25) is 0 Å². The first kappa shape index (κ1) is 19.7. The van der Waals surface area contributed by atoms with Crippen LogP contribution in [-0.2, 0) is 9.59 Å². The summed E-state index contributed by atoms with van der Waals surface area (Å²) in [6.07, 6.45) is 3.29. The average Bonchev–Trinajstić information content (AvgIpc) is 3.10. The number of anilines is 1. The van der Waals surface area contributed by atoms with Crippen molar-refractivity contribution in [1.82, 2.24) is 10.2 Å². The molecular formula is C19H26N4O3. The summed E-state index contributed by atoms with van der Waals surface area (Å²) >= 11 is 0. The number of hydrogen-bond donors (Lipinski definition) is 2. The number of rotatable bonds is 8. The maximum Gasteiger partial charge on any atom is 0.238 e. The number of nitriles is 1. The van der Waals surface area contributed by atoms with Gasteiger partial charge in [-0.2, -0.15) is 5.26 Å². The zero-order valence-corrected chi connectivity index (χ0v) is 15.4. The van der Waals surface area contributed by atoms with Gasteiger partial charge in [-0.1, -0.05) is 13.0 Å². The summed E-state index contributed by atoms with van der Waals surface area (Å²) in [5, 5.41) is 15.0. The van der Waals surface area contributed by atoms with Crippen LogP contribution in [0.15, 0.2) is 24.3 Å². The molecule has 1 fully saturated rings. The topological polar surface area (TPSA) is 94.5 Å². The number of amides is 2. The molecule has 2 N–H and O–H groups in total. The molecule has 2 amide bonds. The lowest BCUT2D eigenvalue weighted by atomic mass is 10.00. The molecule has 0 spiro atoms. The molecule has 0 atom stereocenters. The minimum absolute atomic E-state index is 0.0888. The summed E-state index contributed by atoms with van der Waals surface area (Å²) in [5.74, 6) is 0.237. The normalized spacial score (nSPS) is 15.3. The van der Waals surface area contributed by atoms with Crippen LogP contribution in [-0.4, -0.2) is 49.0 Å². The van der Waals surface area contributed by atoms with Crippen molar-refractivity contribution in [2.45, 2.75) is 38.1 Å². The molecule has 0 heterocycles. The van der Waals surface area contributed by atoms with Gasteiger partial charge >= 0.3 is 0 Å². The Morgan fingerprint density at radius 1 is 1.27 bits per heavy atom. The maximum atomic E-state index is 12.3. The van der Waals surface area contributed by atoms with Crippen LogP contribution in [0, 0.1) is 11.3 Å². The molecule has 7 nitrogen and oxygen atoms in total. The highest BCUT2D eigenvalue weighted by molar-refractivity contribution is 5.92. The number of nitrogens with one attached hydrogen (secondary N) is 2. The highest BCUT2D eigenvalue weighted by atomic mass is 16.5. The summed E-state index contributed by atoms with van der Waals surface area (Å²) in [7, 11) is 1.57. The lowest BCUT2D eigenvalue weighted by Crippen LogP contribution is -2.49. The number of hydrogen-bond acceptors (Lipinski definition) is 5. The number of ether oxygens (including phenoxy) is 1. The molecule has 2 rings (SSSR count). The fourth-order valence-corrected chi connectivity index (χ4v) is 3.14. The molecule has 0 bridgehead atoms. The van der Waals surface area contributed by atoms with Crippen molar-refractivity contribution in [2.24, 2.45) is 0 Å². The Morgan fingerprint density at radius 2 is 1.96 bits per heavy atom. The third-order valence-corrected chi connectivity index (χ3v) is 4.58. The monoisotopic (exact) mass is 358 g/mol. The fraction of sp³-hybridized carbons (Fsp3) is 0.526. The molecule has 1 aliphatic carbocycles. The predicted molar refractivity (Wildman–Crippen MR) is 98.7 cm³/mol. The standard InChI is InChI=1S/C19H26N4O3/c1-3-23(13-18(25)22-19(14-20)9-4-5-10-19)12-17(24)21-15-7-6-8-16(11-15)26-2/h6-8,11H,3-5,9-10,12-13H2,1-2H3,(H,21,24)(H,22,25). The van der Waals surface area contributed by atoms with Gasteiger partial charge in [0, 0.05) is 11.8 Å². The summed E-state index contributed by atoms with van der Waals surface area (Å²) in [6.45, 7) is 2.63. The van der Waals surface area contributed by atoms with Gasteiger partial charge in [0.05, 0.1) is 26.3 Å². The van der Waals surface area contributed by atoms with Gasteiger partial charge in [0.25, 0.3) is 0 Å². The minimum Gasteiger partial charge on any atom is -0.497 e. The van der Waals surface area contributed by atoms with Crippen molar-refractivity contribution in [3.05, 3.63) is 24.3 Å².